The van der Waals surface area contributed by atoms with Gasteiger partial charge in [-0.05, 0) is 31.0 Å². The van der Waals surface area contributed by atoms with Crippen molar-refractivity contribution >= 4 is 5.69 Å². The first-order valence-corrected chi connectivity index (χ1v) is 7.45. The van der Waals surface area contributed by atoms with Gasteiger partial charge in [-0.15, -0.1) is 0 Å². The van der Waals surface area contributed by atoms with Crippen LogP contribution in [-0.2, 0) is 11.3 Å². The number of anilines is 1. The van der Waals surface area contributed by atoms with Crippen LogP contribution in [0.1, 0.15) is 25.8 Å². The lowest BCUT2D eigenvalue weighted by atomic mass is 10.0. The molecule has 4 heteroatoms. The van der Waals surface area contributed by atoms with E-state index in [4.69, 9.17) is 4.74 Å². The van der Waals surface area contributed by atoms with Crippen molar-refractivity contribution in [2.75, 3.05) is 37.7 Å². The minimum Gasteiger partial charge on any atom is -0.389 e. The summed E-state index contributed by atoms with van der Waals surface area (Å²) in [7, 11) is 0. The smallest absolute Gasteiger partial charge is 0.0741 e. The fraction of sp³-hybridized carbons (Fsp3) is 0.625. The highest BCUT2D eigenvalue weighted by atomic mass is 16.5. The van der Waals surface area contributed by atoms with E-state index in [0.29, 0.717) is 6.54 Å². The van der Waals surface area contributed by atoms with Crippen LogP contribution >= 0.6 is 0 Å². The molecule has 4 nitrogen and oxygen atoms in total. The van der Waals surface area contributed by atoms with Crippen molar-refractivity contribution in [3.05, 3.63) is 29.8 Å². The topological polar surface area (TPSA) is 44.7 Å². The maximum atomic E-state index is 9.93. The van der Waals surface area contributed by atoms with Crippen LogP contribution in [0.15, 0.2) is 24.3 Å². The minimum absolute atomic E-state index is 0.617. The van der Waals surface area contributed by atoms with Gasteiger partial charge in [-0.25, -0.2) is 0 Å². The van der Waals surface area contributed by atoms with Crippen molar-refractivity contribution in [1.29, 1.82) is 0 Å². The largest absolute Gasteiger partial charge is 0.389 e. The Balaban J connectivity index is 1.82. The summed E-state index contributed by atoms with van der Waals surface area (Å²) < 4.78 is 5.37. The van der Waals surface area contributed by atoms with Gasteiger partial charge in [-0.3, -0.25) is 0 Å². The zero-order valence-electron chi connectivity index (χ0n) is 12.6. The van der Waals surface area contributed by atoms with Gasteiger partial charge in [0.2, 0.25) is 0 Å². The number of aliphatic hydroxyl groups is 1. The highest BCUT2D eigenvalue weighted by Gasteiger charge is 2.16. The Hall–Kier alpha value is -1.10. The second-order valence-corrected chi connectivity index (χ2v) is 5.72. The zero-order chi connectivity index (χ0) is 14.4. The molecular weight excluding hydrogens is 252 g/mol. The fourth-order valence-corrected chi connectivity index (χ4v) is 2.25. The van der Waals surface area contributed by atoms with E-state index in [0.717, 1.165) is 39.3 Å². The van der Waals surface area contributed by atoms with Gasteiger partial charge < -0.3 is 20.1 Å². The number of nitrogens with one attached hydrogen (secondary N) is 1. The molecule has 0 amide bonds. The third kappa shape index (κ3) is 4.47. The van der Waals surface area contributed by atoms with Gasteiger partial charge in [0, 0.05) is 31.9 Å². The maximum Gasteiger partial charge on any atom is 0.0741 e. The lowest BCUT2D eigenvalue weighted by Gasteiger charge is -2.29. The summed E-state index contributed by atoms with van der Waals surface area (Å²) in [6.45, 7) is 8.84. The molecule has 0 saturated carbocycles. The SMILES string of the molecule is CCC(C)(O)CNCc1ccc(N2CCOCC2)cc1. The molecule has 2 N–H and O–H groups in total. The highest BCUT2D eigenvalue weighted by molar-refractivity contribution is 5.47. The van der Waals surface area contributed by atoms with Crippen molar-refractivity contribution < 1.29 is 9.84 Å². The Morgan fingerprint density at radius 2 is 1.90 bits per heavy atom. The third-order valence-electron chi connectivity index (χ3n) is 3.91. The molecule has 1 aromatic carbocycles. The lowest BCUT2D eigenvalue weighted by Crippen LogP contribution is -2.37. The summed E-state index contributed by atoms with van der Waals surface area (Å²) in [5.74, 6) is 0. The molecule has 1 aliphatic rings. The van der Waals surface area contributed by atoms with Gasteiger partial charge >= 0.3 is 0 Å². The molecule has 0 radical (unpaired) electrons. The van der Waals surface area contributed by atoms with Gasteiger partial charge in [-0.2, -0.15) is 0 Å². The normalized spacial score (nSPS) is 18.9. The lowest BCUT2D eigenvalue weighted by molar-refractivity contribution is 0.0555. The number of hydrogen-bond donors (Lipinski definition) is 2. The Bertz CT molecular complexity index is 397. The van der Waals surface area contributed by atoms with Crippen LogP contribution in [0.3, 0.4) is 0 Å². The summed E-state index contributed by atoms with van der Waals surface area (Å²) in [4.78, 5) is 2.35. The first kappa shape index (κ1) is 15.3. The molecule has 1 aromatic rings. The molecule has 1 fully saturated rings. The maximum absolute atomic E-state index is 9.93. The molecule has 20 heavy (non-hydrogen) atoms. The molecular formula is C16H26N2O2. The van der Waals surface area contributed by atoms with Crippen molar-refractivity contribution in [2.45, 2.75) is 32.4 Å². The molecule has 1 saturated heterocycles. The van der Waals surface area contributed by atoms with Gasteiger partial charge in [0.05, 0.1) is 18.8 Å². The van der Waals surface area contributed by atoms with Crippen LogP contribution in [0, 0.1) is 0 Å². The molecule has 2 rings (SSSR count). The van der Waals surface area contributed by atoms with E-state index in [-0.39, 0.29) is 0 Å². The molecule has 0 spiro atoms. The zero-order valence-corrected chi connectivity index (χ0v) is 12.6. The quantitative estimate of drug-likeness (QED) is 0.832. The summed E-state index contributed by atoms with van der Waals surface area (Å²) in [5, 5.41) is 13.2. The number of benzene rings is 1. The molecule has 0 aromatic heterocycles. The number of nitrogens with zero attached hydrogens (tertiary/aromatic N) is 1. The average Bonchev–Trinajstić information content (AvgIpc) is 2.49. The van der Waals surface area contributed by atoms with Gasteiger partial charge in [0.25, 0.3) is 0 Å². The Morgan fingerprint density at radius 3 is 2.50 bits per heavy atom. The van der Waals surface area contributed by atoms with E-state index in [1.165, 1.54) is 11.3 Å². The van der Waals surface area contributed by atoms with Crippen LogP contribution in [0.5, 0.6) is 0 Å². The Morgan fingerprint density at radius 1 is 1.25 bits per heavy atom. The fourth-order valence-electron chi connectivity index (χ4n) is 2.25. The van der Waals surface area contributed by atoms with Crippen LogP contribution in [-0.4, -0.2) is 43.6 Å². The molecule has 1 unspecified atom stereocenters. The van der Waals surface area contributed by atoms with E-state index >= 15 is 0 Å². The number of morpholine rings is 1. The average molecular weight is 278 g/mol. The summed E-state index contributed by atoms with van der Waals surface area (Å²) in [5.41, 5.74) is 1.89. The van der Waals surface area contributed by atoms with Crippen molar-refractivity contribution in [1.82, 2.24) is 5.32 Å². The van der Waals surface area contributed by atoms with E-state index in [1.807, 2.05) is 13.8 Å². The molecule has 0 aliphatic carbocycles. The second-order valence-electron chi connectivity index (χ2n) is 5.72. The summed E-state index contributed by atoms with van der Waals surface area (Å²) >= 11 is 0. The first-order valence-electron chi connectivity index (χ1n) is 7.45. The monoisotopic (exact) mass is 278 g/mol. The van der Waals surface area contributed by atoms with Gasteiger partial charge in [0.1, 0.15) is 0 Å². The van der Waals surface area contributed by atoms with Gasteiger partial charge in [0.15, 0.2) is 0 Å². The van der Waals surface area contributed by atoms with Crippen molar-refractivity contribution in [3.8, 4) is 0 Å². The van der Waals surface area contributed by atoms with E-state index in [2.05, 4.69) is 34.5 Å². The molecule has 1 aliphatic heterocycles. The molecule has 1 heterocycles. The number of rotatable bonds is 6. The molecule has 1 atom stereocenters. The van der Waals surface area contributed by atoms with Crippen LogP contribution in [0.4, 0.5) is 5.69 Å². The van der Waals surface area contributed by atoms with Gasteiger partial charge in [-0.1, -0.05) is 19.1 Å². The van der Waals surface area contributed by atoms with Crippen molar-refractivity contribution in [2.24, 2.45) is 0 Å². The third-order valence-corrected chi connectivity index (χ3v) is 3.91. The predicted molar refractivity (Wildman–Crippen MR) is 82.1 cm³/mol. The minimum atomic E-state index is -0.617. The standard InChI is InChI=1S/C16H26N2O2/c1-3-16(2,19)13-17-12-14-4-6-15(7-5-14)18-8-10-20-11-9-18/h4-7,17,19H,3,8-13H2,1-2H3. The van der Waals surface area contributed by atoms with E-state index in [9.17, 15) is 5.11 Å². The highest BCUT2D eigenvalue weighted by Crippen LogP contribution is 2.16. The van der Waals surface area contributed by atoms with Crippen LogP contribution < -0.4 is 10.2 Å². The predicted octanol–water partition coefficient (Wildman–Crippen LogP) is 1.77. The molecule has 0 bridgehead atoms. The second kappa shape index (κ2) is 7.07. The van der Waals surface area contributed by atoms with E-state index < -0.39 is 5.60 Å². The summed E-state index contributed by atoms with van der Waals surface area (Å²) in [6, 6.07) is 8.64. The summed E-state index contributed by atoms with van der Waals surface area (Å²) in [6.07, 6.45) is 0.760. The van der Waals surface area contributed by atoms with Crippen molar-refractivity contribution in [3.63, 3.8) is 0 Å². The number of ether oxygens (including phenoxy) is 1. The van der Waals surface area contributed by atoms with Crippen LogP contribution in [0.25, 0.3) is 0 Å². The van der Waals surface area contributed by atoms with Crippen LogP contribution in [0.2, 0.25) is 0 Å². The molecule has 112 valence electrons. The first-order chi connectivity index (χ1) is 9.61. The number of hydrogen-bond acceptors (Lipinski definition) is 4. The Kier molecular flexibility index (Phi) is 5.40. The van der Waals surface area contributed by atoms with E-state index in [1.54, 1.807) is 0 Å². The Labute approximate surface area is 121 Å².